The second kappa shape index (κ2) is 2.66. The van der Waals surface area contributed by atoms with E-state index in [1.807, 2.05) is 0 Å². The van der Waals surface area contributed by atoms with Gasteiger partial charge in [-0.25, -0.2) is 0 Å². The molecule has 0 spiro atoms. The van der Waals surface area contributed by atoms with Crippen molar-refractivity contribution in [2.24, 2.45) is 0 Å². The number of aliphatic hydroxyl groups is 1. The van der Waals surface area contributed by atoms with Crippen LogP contribution in [0.3, 0.4) is 0 Å². The zero-order chi connectivity index (χ0) is 7.56. The molecule has 0 aliphatic heterocycles. The summed E-state index contributed by atoms with van der Waals surface area (Å²) in [5, 5.41) is 8.80. The second-order valence-corrected chi connectivity index (χ2v) is 2.05. The van der Waals surface area contributed by atoms with Crippen molar-refractivity contribution in [3.05, 3.63) is 24.2 Å². The molecule has 1 aromatic rings. The van der Waals surface area contributed by atoms with Gasteiger partial charge in [-0.15, -0.1) is 0 Å². The van der Waals surface area contributed by atoms with Crippen molar-refractivity contribution in [2.45, 2.75) is 13.0 Å². The lowest BCUT2D eigenvalue weighted by Gasteiger charge is -1.97. The SMILES string of the molecule is CC(O)C(=O)c1ccoc1. The van der Waals surface area contributed by atoms with E-state index in [0.717, 1.165) is 0 Å². The van der Waals surface area contributed by atoms with Crippen LogP contribution in [0, 0.1) is 0 Å². The van der Waals surface area contributed by atoms with E-state index in [2.05, 4.69) is 4.42 Å². The van der Waals surface area contributed by atoms with Gasteiger partial charge in [-0.3, -0.25) is 4.79 Å². The molecule has 54 valence electrons. The molecule has 1 atom stereocenters. The Labute approximate surface area is 58.3 Å². The van der Waals surface area contributed by atoms with Crippen LogP contribution in [0.4, 0.5) is 0 Å². The molecule has 0 aliphatic rings. The molecule has 0 saturated carbocycles. The molecule has 0 radical (unpaired) electrons. The van der Waals surface area contributed by atoms with E-state index >= 15 is 0 Å². The van der Waals surface area contributed by atoms with Crippen LogP contribution in [0.5, 0.6) is 0 Å². The predicted molar refractivity (Wildman–Crippen MR) is 34.7 cm³/mol. The van der Waals surface area contributed by atoms with Gasteiger partial charge in [0.05, 0.1) is 11.8 Å². The number of furan rings is 1. The van der Waals surface area contributed by atoms with Gasteiger partial charge in [0.2, 0.25) is 0 Å². The Morgan fingerprint density at radius 3 is 2.90 bits per heavy atom. The molecule has 1 N–H and O–H groups in total. The summed E-state index contributed by atoms with van der Waals surface area (Å²) in [7, 11) is 0. The van der Waals surface area contributed by atoms with Crippen LogP contribution in [-0.4, -0.2) is 17.0 Å². The number of aliphatic hydroxyl groups excluding tert-OH is 1. The van der Waals surface area contributed by atoms with Gasteiger partial charge in [0, 0.05) is 0 Å². The number of rotatable bonds is 2. The highest BCUT2D eigenvalue weighted by Gasteiger charge is 2.11. The number of carbonyl (C=O) groups is 1. The van der Waals surface area contributed by atoms with Crippen LogP contribution in [0.1, 0.15) is 17.3 Å². The van der Waals surface area contributed by atoms with Gasteiger partial charge in [-0.2, -0.15) is 0 Å². The highest BCUT2D eigenvalue weighted by atomic mass is 16.3. The van der Waals surface area contributed by atoms with Gasteiger partial charge in [0.15, 0.2) is 5.78 Å². The van der Waals surface area contributed by atoms with E-state index in [9.17, 15) is 4.79 Å². The molecule has 0 bridgehead atoms. The minimum Gasteiger partial charge on any atom is -0.472 e. The van der Waals surface area contributed by atoms with Crippen LogP contribution >= 0.6 is 0 Å². The largest absolute Gasteiger partial charge is 0.472 e. The van der Waals surface area contributed by atoms with Gasteiger partial charge < -0.3 is 9.52 Å². The summed E-state index contributed by atoms with van der Waals surface area (Å²) in [6.07, 6.45) is 1.77. The second-order valence-electron chi connectivity index (χ2n) is 2.05. The van der Waals surface area contributed by atoms with Crippen LogP contribution in [0.2, 0.25) is 0 Å². The van der Waals surface area contributed by atoms with Crippen molar-refractivity contribution >= 4 is 5.78 Å². The van der Waals surface area contributed by atoms with Crippen LogP contribution < -0.4 is 0 Å². The average Bonchev–Trinajstić information content (AvgIpc) is 2.36. The molecular formula is C7H8O3. The van der Waals surface area contributed by atoms with Gasteiger partial charge in [-0.1, -0.05) is 0 Å². The summed E-state index contributed by atoms with van der Waals surface area (Å²) in [5.74, 6) is -0.311. The highest BCUT2D eigenvalue weighted by Crippen LogP contribution is 2.03. The first-order chi connectivity index (χ1) is 4.72. The summed E-state index contributed by atoms with van der Waals surface area (Å²) >= 11 is 0. The molecule has 3 heteroatoms. The number of hydrogen-bond donors (Lipinski definition) is 1. The molecule has 0 fully saturated rings. The van der Waals surface area contributed by atoms with E-state index in [0.29, 0.717) is 5.56 Å². The Morgan fingerprint density at radius 2 is 2.50 bits per heavy atom. The van der Waals surface area contributed by atoms with Crippen molar-refractivity contribution in [3.8, 4) is 0 Å². The third-order valence-corrected chi connectivity index (χ3v) is 1.19. The fourth-order valence-corrected chi connectivity index (χ4v) is 0.646. The molecule has 1 rings (SSSR count). The molecule has 0 saturated heterocycles. The van der Waals surface area contributed by atoms with Crippen molar-refractivity contribution in [2.75, 3.05) is 0 Å². The molecule has 3 nitrogen and oxygen atoms in total. The van der Waals surface area contributed by atoms with Crippen molar-refractivity contribution in [3.63, 3.8) is 0 Å². The third-order valence-electron chi connectivity index (χ3n) is 1.19. The monoisotopic (exact) mass is 140 g/mol. The molecule has 1 unspecified atom stereocenters. The Hall–Kier alpha value is -1.09. The van der Waals surface area contributed by atoms with E-state index in [1.54, 1.807) is 0 Å². The summed E-state index contributed by atoms with van der Waals surface area (Å²) in [6.45, 7) is 1.43. The van der Waals surface area contributed by atoms with E-state index in [1.165, 1.54) is 25.5 Å². The van der Waals surface area contributed by atoms with Gasteiger partial charge >= 0.3 is 0 Å². The fourth-order valence-electron chi connectivity index (χ4n) is 0.646. The molecule has 10 heavy (non-hydrogen) atoms. The van der Waals surface area contributed by atoms with Gasteiger partial charge in [-0.05, 0) is 13.0 Å². The zero-order valence-corrected chi connectivity index (χ0v) is 5.57. The lowest BCUT2D eigenvalue weighted by molar-refractivity contribution is 0.0779. The van der Waals surface area contributed by atoms with E-state index < -0.39 is 6.10 Å². The predicted octanol–water partition coefficient (Wildman–Crippen LogP) is 0.843. The molecule has 0 amide bonds. The summed E-state index contributed by atoms with van der Waals surface area (Å²) in [5.41, 5.74) is 0.412. The maximum absolute atomic E-state index is 10.9. The first kappa shape index (κ1) is 7.02. The zero-order valence-electron chi connectivity index (χ0n) is 5.57. The van der Waals surface area contributed by atoms with Crippen molar-refractivity contribution in [1.82, 2.24) is 0 Å². The number of Topliss-reactive ketones (excluding diaryl/α,β-unsaturated/α-hetero) is 1. The summed E-state index contributed by atoms with van der Waals surface area (Å²) in [6, 6.07) is 1.52. The van der Waals surface area contributed by atoms with Crippen molar-refractivity contribution < 1.29 is 14.3 Å². The first-order valence-corrected chi connectivity index (χ1v) is 2.96. The van der Waals surface area contributed by atoms with Gasteiger partial charge in [0.25, 0.3) is 0 Å². The van der Waals surface area contributed by atoms with E-state index in [-0.39, 0.29) is 5.78 Å². The van der Waals surface area contributed by atoms with Crippen molar-refractivity contribution in [1.29, 1.82) is 0 Å². The Morgan fingerprint density at radius 1 is 1.80 bits per heavy atom. The third kappa shape index (κ3) is 1.25. The Balaban J connectivity index is 2.78. The quantitative estimate of drug-likeness (QED) is 0.619. The Bertz CT molecular complexity index is 211. The lowest BCUT2D eigenvalue weighted by Crippen LogP contribution is -2.14. The van der Waals surface area contributed by atoms with Crippen LogP contribution in [0.15, 0.2) is 23.0 Å². The van der Waals surface area contributed by atoms with Crippen LogP contribution in [0.25, 0.3) is 0 Å². The summed E-state index contributed by atoms with van der Waals surface area (Å²) in [4.78, 5) is 10.9. The topological polar surface area (TPSA) is 50.4 Å². The maximum Gasteiger partial charge on any atom is 0.194 e. The van der Waals surface area contributed by atoms with Crippen LogP contribution in [-0.2, 0) is 0 Å². The smallest absolute Gasteiger partial charge is 0.194 e. The number of carbonyl (C=O) groups excluding carboxylic acids is 1. The molecular weight excluding hydrogens is 132 g/mol. The average molecular weight is 140 g/mol. The molecule has 1 aromatic heterocycles. The first-order valence-electron chi connectivity index (χ1n) is 2.96. The molecule has 1 heterocycles. The highest BCUT2D eigenvalue weighted by molar-refractivity contribution is 5.98. The minimum atomic E-state index is -0.947. The molecule has 0 aromatic carbocycles. The Kier molecular flexibility index (Phi) is 1.87. The summed E-state index contributed by atoms with van der Waals surface area (Å²) < 4.78 is 4.65. The molecule has 0 aliphatic carbocycles. The number of ketones is 1. The number of hydrogen-bond acceptors (Lipinski definition) is 3. The normalized spacial score (nSPS) is 13.0. The maximum atomic E-state index is 10.9. The minimum absolute atomic E-state index is 0.311. The fraction of sp³-hybridized carbons (Fsp3) is 0.286. The van der Waals surface area contributed by atoms with E-state index in [4.69, 9.17) is 5.11 Å². The lowest BCUT2D eigenvalue weighted by atomic mass is 10.1. The van der Waals surface area contributed by atoms with Gasteiger partial charge in [0.1, 0.15) is 12.4 Å². The standard InChI is InChI=1S/C7H8O3/c1-5(8)7(9)6-2-3-10-4-6/h2-5,8H,1H3.